The lowest BCUT2D eigenvalue weighted by atomic mass is 10.2. The van der Waals surface area contributed by atoms with Crippen molar-refractivity contribution in [3.63, 3.8) is 0 Å². The van der Waals surface area contributed by atoms with Crippen molar-refractivity contribution < 1.29 is 14.3 Å². The zero-order valence-corrected chi connectivity index (χ0v) is 14.9. The minimum atomic E-state index is -0.320. The molecule has 0 N–H and O–H groups in total. The van der Waals surface area contributed by atoms with Gasteiger partial charge < -0.3 is 14.4 Å². The molecule has 0 saturated heterocycles. The van der Waals surface area contributed by atoms with E-state index in [4.69, 9.17) is 9.47 Å². The second-order valence-corrected chi connectivity index (χ2v) is 6.72. The molecule has 0 radical (unpaired) electrons. The molecule has 0 unspecified atom stereocenters. The number of aliphatic imine (C=N–C) groups is 1. The van der Waals surface area contributed by atoms with Crippen molar-refractivity contribution in [3.8, 4) is 5.75 Å². The lowest BCUT2D eigenvalue weighted by molar-refractivity contribution is -0.129. The first-order valence-corrected chi connectivity index (χ1v) is 8.76. The molecule has 2 atom stereocenters. The van der Waals surface area contributed by atoms with Crippen molar-refractivity contribution in [1.82, 2.24) is 4.90 Å². The first-order valence-electron chi connectivity index (χ1n) is 7.71. The minimum Gasteiger partial charge on any atom is -0.497 e. The molecule has 1 aliphatic rings. The molecule has 0 aliphatic carbocycles. The van der Waals surface area contributed by atoms with Crippen LogP contribution >= 0.6 is 11.8 Å². The topological polar surface area (TPSA) is 51.1 Å². The molecule has 0 spiro atoms. The molecule has 6 heteroatoms. The maximum Gasteiger partial charge on any atom is 0.247 e. The highest BCUT2D eigenvalue weighted by molar-refractivity contribution is 7.99. The maximum absolute atomic E-state index is 12.1. The van der Waals surface area contributed by atoms with E-state index < -0.39 is 0 Å². The number of ether oxygens (including phenoxy) is 2. The highest BCUT2D eigenvalue weighted by Crippen LogP contribution is 2.30. The van der Waals surface area contributed by atoms with Gasteiger partial charge in [-0.05, 0) is 31.0 Å². The fourth-order valence-electron chi connectivity index (χ4n) is 2.38. The average Bonchev–Trinajstić information content (AvgIpc) is 2.96. The number of carbonyl (C=O) groups is 1. The molecule has 2 rings (SSSR count). The number of carbonyl (C=O) groups excluding carboxylic acids is 1. The van der Waals surface area contributed by atoms with E-state index >= 15 is 0 Å². The van der Waals surface area contributed by atoms with Gasteiger partial charge in [-0.25, -0.2) is 4.99 Å². The Morgan fingerprint density at radius 1 is 1.35 bits per heavy atom. The minimum absolute atomic E-state index is 0.0368. The van der Waals surface area contributed by atoms with Crippen LogP contribution in [0, 0.1) is 0 Å². The summed E-state index contributed by atoms with van der Waals surface area (Å²) in [7, 11) is 5.18. The van der Waals surface area contributed by atoms with Gasteiger partial charge in [0.1, 0.15) is 11.8 Å². The van der Waals surface area contributed by atoms with E-state index in [1.165, 1.54) is 5.56 Å². The van der Waals surface area contributed by atoms with Crippen LogP contribution < -0.4 is 4.74 Å². The van der Waals surface area contributed by atoms with Crippen LogP contribution in [-0.4, -0.2) is 55.8 Å². The Bertz CT molecular complexity index is 557. The van der Waals surface area contributed by atoms with E-state index in [0.29, 0.717) is 18.9 Å². The van der Waals surface area contributed by atoms with Crippen molar-refractivity contribution in [2.24, 2.45) is 4.99 Å². The maximum atomic E-state index is 12.1. The third-order valence-electron chi connectivity index (χ3n) is 3.62. The van der Waals surface area contributed by atoms with Gasteiger partial charge in [0.2, 0.25) is 5.91 Å². The number of nitrogens with zero attached hydrogens (tertiary/aromatic N) is 2. The van der Waals surface area contributed by atoms with Crippen LogP contribution in [0.1, 0.15) is 18.9 Å². The van der Waals surface area contributed by atoms with Gasteiger partial charge in [0.05, 0.1) is 19.0 Å². The fourth-order valence-corrected chi connectivity index (χ4v) is 3.56. The molecule has 1 aromatic carbocycles. The number of hydrogen-bond donors (Lipinski definition) is 0. The lowest BCUT2D eigenvalue weighted by Gasteiger charge is -2.15. The summed E-state index contributed by atoms with van der Waals surface area (Å²) in [6, 6.07) is 7.71. The van der Waals surface area contributed by atoms with Gasteiger partial charge in [0, 0.05) is 19.8 Å². The summed E-state index contributed by atoms with van der Waals surface area (Å²) in [6.07, 6.45) is 0.702. The van der Waals surface area contributed by atoms with Gasteiger partial charge in [-0.2, -0.15) is 0 Å². The second-order valence-electron chi connectivity index (χ2n) is 5.53. The van der Waals surface area contributed by atoms with Crippen LogP contribution in [0.15, 0.2) is 29.3 Å². The van der Waals surface area contributed by atoms with Gasteiger partial charge in [-0.3, -0.25) is 4.79 Å². The predicted octanol–water partition coefficient (Wildman–Crippen LogP) is 2.59. The highest BCUT2D eigenvalue weighted by Gasteiger charge is 2.34. The molecule has 1 aromatic rings. The van der Waals surface area contributed by atoms with Crippen molar-refractivity contribution in [1.29, 1.82) is 0 Å². The number of amides is 1. The van der Waals surface area contributed by atoms with Crippen LogP contribution in [-0.2, 0) is 15.3 Å². The second kappa shape index (κ2) is 8.24. The molecule has 5 nitrogen and oxygen atoms in total. The van der Waals surface area contributed by atoms with Crippen LogP contribution in [0.2, 0.25) is 0 Å². The van der Waals surface area contributed by atoms with Crippen molar-refractivity contribution in [2.45, 2.75) is 30.4 Å². The molecule has 126 valence electrons. The van der Waals surface area contributed by atoms with Gasteiger partial charge >= 0.3 is 0 Å². The van der Waals surface area contributed by atoms with E-state index in [1.54, 1.807) is 37.9 Å². The molecular formula is C17H24N2O3S. The zero-order valence-electron chi connectivity index (χ0n) is 14.1. The zero-order chi connectivity index (χ0) is 16.8. The summed E-state index contributed by atoms with van der Waals surface area (Å²) in [5.74, 6) is 2.44. The van der Waals surface area contributed by atoms with Gasteiger partial charge in [-0.1, -0.05) is 12.1 Å². The Labute approximate surface area is 142 Å². The van der Waals surface area contributed by atoms with Gasteiger partial charge in [0.15, 0.2) is 5.90 Å². The van der Waals surface area contributed by atoms with Crippen molar-refractivity contribution in [2.75, 3.05) is 27.8 Å². The van der Waals surface area contributed by atoms with Crippen molar-refractivity contribution >= 4 is 23.6 Å². The van der Waals surface area contributed by atoms with Crippen LogP contribution in [0.4, 0.5) is 0 Å². The highest BCUT2D eigenvalue weighted by atomic mass is 32.2. The van der Waals surface area contributed by atoms with E-state index in [2.05, 4.69) is 17.1 Å². The monoisotopic (exact) mass is 336 g/mol. The van der Waals surface area contributed by atoms with Gasteiger partial charge in [-0.15, -0.1) is 11.8 Å². The Morgan fingerprint density at radius 2 is 2.04 bits per heavy atom. The van der Waals surface area contributed by atoms with E-state index in [0.717, 1.165) is 11.5 Å². The lowest BCUT2D eigenvalue weighted by Crippen LogP contribution is -2.31. The summed E-state index contributed by atoms with van der Waals surface area (Å²) in [5, 5.41) is 0.131. The average molecular weight is 336 g/mol. The summed E-state index contributed by atoms with van der Waals surface area (Å²) < 4.78 is 10.8. The number of rotatable bonds is 6. The van der Waals surface area contributed by atoms with Gasteiger partial charge in [0.25, 0.3) is 0 Å². The van der Waals surface area contributed by atoms with E-state index in [9.17, 15) is 4.79 Å². The predicted molar refractivity (Wildman–Crippen MR) is 94.2 cm³/mol. The van der Waals surface area contributed by atoms with E-state index in [-0.39, 0.29) is 17.2 Å². The SMILES string of the molecule is CCOC1=N[C@H](C(=O)N(C)C)C[C@@H]1SCc1ccc(OC)cc1. The molecule has 1 aliphatic heterocycles. The van der Waals surface area contributed by atoms with Crippen molar-refractivity contribution in [3.05, 3.63) is 29.8 Å². The number of benzene rings is 1. The first-order chi connectivity index (χ1) is 11.0. The Hall–Kier alpha value is -1.69. The quantitative estimate of drug-likeness (QED) is 0.801. The molecule has 1 heterocycles. The number of hydrogen-bond acceptors (Lipinski definition) is 5. The molecule has 1 amide bonds. The molecule has 23 heavy (non-hydrogen) atoms. The molecular weight excluding hydrogens is 312 g/mol. The first kappa shape index (κ1) is 17.7. The third kappa shape index (κ3) is 4.64. The normalized spacial score (nSPS) is 20.1. The molecule has 0 fully saturated rings. The number of likely N-dealkylation sites (N-methyl/N-ethyl adjacent to an activating group) is 1. The number of thioether (sulfide) groups is 1. The smallest absolute Gasteiger partial charge is 0.247 e. The standard InChI is InChI=1S/C17H24N2O3S/c1-5-22-16-15(10-14(18-16)17(20)19(2)3)23-11-12-6-8-13(21-4)9-7-12/h6-9,14-15H,5,10-11H2,1-4H3/t14-,15-/m0/s1. The Balaban J connectivity index is 1.97. The van der Waals surface area contributed by atoms with E-state index in [1.807, 2.05) is 19.1 Å². The summed E-state index contributed by atoms with van der Waals surface area (Å²) in [4.78, 5) is 18.2. The molecule has 0 saturated carbocycles. The van der Waals surface area contributed by atoms with Crippen LogP contribution in [0.25, 0.3) is 0 Å². The largest absolute Gasteiger partial charge is 0.497 e. The Kier molecular flexibility index (Phi) is 6.33. The van der Waals surface area contributed by atoms with Crippen LogP contribution in [0.5, 0.6) is 5.75 Å². The molecule has 0 bridgehead atoms. The summed E-state index contributed by atoms with van der Waals surface area (Å²) in [5.41, 5.74) is 1.22. The van der Waals surface area contributed by atoms with Crippen LogP contribution in [0.3, 0.4) is 0 Å². The third-order valence-corrected chi connectivity index (χ3v) is 4.92. The summed E-state index contributed by atoms with van der Waals surface area (Å²) >= 11 is 1.76. The number of methoxy groups -OCH3 is 1. The Morgan fingerprint density at radius 3 is 2.61 bits per heavy atom. The molecule has 0 aromatic heterocycles. The summed E-state index contributed by atoms with van der Waals surface area (Å²) in [6.45, 7) is 2.51. The fraction of sp³-hybridized carbons (Fsp3) is 0.529.